The molecule has 1 aliphatic heterocycles. The number of hydrogen-bond donors (Lipinski definition) is 1. The molecule has 0 unspecified atom stereocenters. The van der Waals surface area contributed by atoms with Crippen molar-refractivity contribution in [2.24, 2.45) is 7.05 Å². The number of aromatic nitrogens is 2. The van der Waals surface area contributed by atoms with Crippen LogP contribution in [0, 0.1) is 0 Å². The van der Waals surface area contributed by atoms with E-state index in [1.807, 2.05) is 11.6 Å². The maximum absolute atomic E-state index is 12.6. The van der Waals surface area contributed by atoms with Crippen LogP contribution in [0.1, 0.15) is 39.9 Å². The smallest absolute Gasteiger partial charge is 0.242 e. The largest absolute Gasteiger partial charge is 0.373 e. The molecule has 10 heteroatoms. The van der Waals surface area contributed by atoms with Crippen LogP contribution in [0.4, 0.5) is 0 Å². The molecule has 1 aromatic heterocycles. The molecule has 1 amide bonds. The van der Waals surface area contributed by atoms with Crippen LogP contribution >= 0.6 is 0 Å². The Kier molecular flexibility index (Phi) is 7.52. The highest BCUT2D eigenvalue weighted by Gasteiger charge is 2.33. The lowest BCUT2D eigenvalue weighted by Crippen LogP contribution is -2.58. The second kappa shape index (κ2) is 9.69. The summed E-state index contributed by atoms with van der Waals surface area (Å²) in [5.41, 5.74) is 1.26. The van der Waals surface area contributed by atoms with Crippen molar-refractivity contribution in [3.63, 3.8) is 0 Å². The predicted molar refractivity (Wildman–Crippen MR) is 129 cm³/mol. The van der Waals surface area contributed by atoms with Gasteiger partial charge in [0.1, 0.15) is 5.82 Å². The summed E-state index contributed by atoms with van der Waals surface area (Å²) < 4.78 is 33.7. The van der Waals surface area contributed by atoms with Crippen molar-refractivity contribution in [2.75, 3.05) is 33.7 Å². The summed E-state index contributed by atoms with van der Waals surface area (Å²) in [6.45, 7) is 10.7. The number of morpholine rings is 1. The van der Waals surface area contributed by atoms with E-state index in [2.05, 4.69) is 42.9 Å². The highest BCUT2D eigenvalue weighted by molar-refractivity contribution is 7.89. The number of ether oxygens (including phenoxy) is 1. The highest BCUT2D eigenvalue weighted by atomic mass is 32.2. The minimum atomic E-state index is -3.53. The molecule has 0 aliphatic carbocycles. The van der Waals surface area contributed by atoms with Gasteiger partial charge in [0, 0.05) is 59.2 Å². The lowest BCUT2D eigenvalue weighted by atomic mass is 10.00. The van der Waals surface area contributed by atoms with Gasteiger partial charge in [-0.15, -0.1) is 0 Å². The minimum Gasteiger partial charge on any atom is -0.373 e. The normalized spacial score (nSPS) is 20.5. The van der Waals surface area contributed by atoms with Gasteiger partial charge in [0.2, 0.25) is 15.9 Å². The molecule has 0 bridgehead atoms. The van der Waals surface area contributed by atoms with Gasteiger partial charge in [0.05, 0.1) is 28.1 Å². The first-order chi connectivity index (χ1) is 15.3. The van der Waals surface area contributed by atoms with Gasteiger partial charge < -0.3 is 14.6 Å². The molecule has 9 nitrogen and oxygen atoms in total. The first-order valence-corrected chi connectivity index (χ1v) is 12.8. The molecular weight excluding hydrogens is 442 g/mol. The third kappa shape index (κ3) is 5.74. The van der Waals surface area contributed by atoms with Crippen LogP contribution in [0.15, 0.2) is 23.1 Å². The van der Waals surface area contributed by atoms with Crippen molar-refractivity contribution in [2.45, 2.75) is 63.2 Å². The van der Waals surface area contributed by atoms with E-state index < -0.39 is 10.0 Å². The predicted octanol–water partition coefficient (Wildman–Crippen LogP) is 1.76. The van der Waals surface area contributed by atoms with E-state index in [1.165, 1.54) is 18.4 Å². The van der Waals surface area contributed by atoms with Crippen molar-refractivity contribution in [3.05, 3.63) is 24.0 Å². The number of nitrogens with zero attached hydrogens (tertiary/aromatic N) is 4. The maximum Gasteiger partial charge on any atom is 0.242 e. The van der Waals surface area contributed by atoms with E-state index in [4.69, 9.17) is 4.74 Å². The molecule has 2 heterocycles. The zero-order valence-corrected chi connectivity index (χ0v) is 21.6. The van der Waals surface area contributed by atoms with E-state index >= 15 is 0 Å². The molecule has 33 heavy (non-hydrogen) atoms. The van der Waals surface area contributed by atoms with E-state index in [0.717, 1.165) is 24.4 Å². The molecule has 1 N–H and O–H groups in total. The number of aryl methyl sites for hydroxylation is 2. The fourth-order valence-electron chi connectivity index (χ4n) is 4.24. The average Bonchev–Trinajstić information content (AvgIpc) is 3.05. The van der Waals surface area contributed by atoms with Gasteiger partial charge in [-0.25, -0.2) is 17.7 Å². The molecule has 2 atom stereocenters. The Balaban J connectivity index is 1.62. The van der Waals surface area contributed by atoms with Crippen molar-refractivity contribution in [3.8, 4) is 0 Å². The summed E-state index contributed by atoms with van der Waals surface area (Å²) in [6, 6.07) is 4.93. The van der Waals surface area contributed by atoms with Crippen molar-refractivity contribution >= 4 is 27.0 Å². The van der Waals surface area contributed by atoms with Crippen LogP contribution < -0.4 is 5.32 Å². The van der Waals surface area contributed by atoms with Gasteiger partial charge in [-0.1, -0.05) is 0 Å². The maximum atomic E-state index is 12.6. The molecular formula is C23H37N5O4S. The number of benzene rings is 1. The van der Waals surface area contributed by atoms with Gasteiger partial charge in [-0.05, 0) is 45.9 Å². The summed E-state index contributed by atoms with van der Waals surface area (Å²) in [4.78, 5) is 19.8. The van der Waals surface area contributed by atoms with Crippen LogP contribution in [-0.4, -0.2) is 84.6 Å². The van der Waals surface area contributed by atoms with Crippen molar-refractivity contribution in [1.29, 1.82) is 0 Å². The van der Waals surface area contributed by atoms with E-state index in [-0.39, 0.29) is 28.5 Å². The summed E-state index contributed by atoms with van der Waals surface area (Å²) in [5.74, 6) is 0.718. The third-order valence-corrected chi connectivity index (χ3v) is 8.10. The number of imidazole rings is 1. The molecule has 1 saturated heterocycles. The number of carbonyl (C=O) groups excluding carboxylic acids is 1. The zero-order chi connectivity index (χ0) is 24.6. The Morgan fingerprint density at radius 1 is 1.24 bits per heavy atom. The van der Waals surface area contributed by atoms with Gasteiger partial charge in [-0.2, -0.15) is 0 Å². The van der Waals surface area contributed by atoms with Crippen LogP contribution in [0.2, 0.25) is 0 Å². The summed E-state index contributed by atoms with van der Waals surface area (Å²) >= 11 is 0. The molecule has 2 aromatic rings. The first-order valence-electron chi connectivity index (χ1n) is 11.4. The topological polar surface area (TPSA) is 96.8 Å². The Bertz CT molecular complexity index is 1100. The molecule has 0 radical (unpaired) electrons. The average molecular weight is 480 g/mol. The lowest BCUT2D eigenvalue weighted by Gasteiger charge is -2.45. The van der Waals surface area contributed by atoms with Crippen LogP contribution in [0.25, 0.3) is 11.0 Å². The number of amides is 1. The molecule has 1 aromatic carbocycles. The monoisotopic (exact) mass is 479 g/mol. The number of hydrogen-bond acceptors (Lipinski definition) is 6. The summed E-state index contributed by atoms with van der Waals surface area (Å²) in [6.07, 6.45) is 1.13. The van der Waals surface area contributed by atoms with Gasteiger partial charge in [0.25, 0.3) is 0 Å². The van der Waals surface area contributed by atoms with Gasteiger partial charge in [-0.3, -0.25) is 9.69 Å². The van der Waals surface area contributed by atoms with Crippen LogP contribution in [-0.2, 0) is 33.0 Å². The third-order valence-electron chi connectivity index (χ3n) is 6.29. The van der Waals surface area contributed by atoms with Crippen molar-refractivity contribution < 1.29 is 17.9 Å². The van der Waals surface area contributed by atoms with Gasteiger partial charge in [0.15, 0.2) is 0 Å². The molecule has 1 aliphatic rings. The molecule has 0 spiro atoms. The van der Waals surface area contributed by atoms with E-state index in [0.29, 0.717) is 24.9 Å². The molecule has 184 valence electrons. The first kappa shape index (κ1) is 25.6. The second-order valence-electron chi connectivity index (χ2n) is 9.78. The molecule has 1 fully saturated rings. The number of rotatable bonds is 8. The Hall–Kier alpha value is -2.01. The molecule has 0 saturated carbocycles. The van der Waals surface area contributed by atoms with Gasteiger partial charge >= 0.3 is 0 Å². The Morgan fingerprint density at radius 2 is 1.88 bits per heavy atom. The Labute approximate surface area is 197 Å². The summed E-state index contributed by atoms with van der Waals surface area (Å²) in [7, 11) is 1.36. The van der Waals surface area contributed by atoms with Crippen LogP contribution in [0.5, 0.6) is 0 Å². The van der Waals surface area contributed by atoms with Crippen LogP contribution in [0.3, 0.4) is 0 Å². The number of sulfonamides is 1. The number of carbonyl (C=O) groups is 1. The number of fused-ring (bicyclic) bond motifs is 1. The second-order valence-corrected chi connectivity index (χ2v) is 11.9. The molecule has 3 rings (SSSR count). The summed E-state index contributed by atoms with van der Waals surface area (Å²) in [5, 5.41) is 3.07. The standard InChI is InChI=1S/C23H37N5O4S/c1-16-13-28(14-17(2)32-16)23(3,4)15-24-22(29)11-10-21-25-19-12-18(33(30,31)26(5)6)8-9-20(19)27(21)7/h8-9,12,16-17H,10-11,13-15H2,1-7H3,(H,24,29)/t16-,17-/m0/s1. The lowest BCUT2D eigenvalue weighted by molar-refractivity contribution is -0.122. The highest BCUT2D eigenvalue weighted by Crippen LogP contribution is 2.23. The van der Waals surface area contributed by atoms with Crippen molar-refractivity contribution in [1.82, 2.24) is 24.1 Å². The Morgan fingerprint density at radius 3 is 2.48 bits per heavy atom. The van der Waals surface area contributed by atoms with E-state index in [9.17, 15) is 13.2 Å². The van der Waals surface area contributed by atoms with E-state index in [1.54, 1.807) is 18.2 Å². The minimum absolute atomic E-state index is 0.0274. The quantitative estimate of drug-likeness (QED) is 0.620. The fourth-order valence-corrected chi connectivity index (χ4v) is 5.16. The zero-order valence-electron chi connectivity index (χ0n) is 20.8. The SMILES string of the molecule is C[C@H]1CN(C(C)(C)CNC(=O)CCc2nc3cc(S(=O)(=O)N(C)C)ccc3n2C)C[C@H](C)O1. The fraction of sp³-hybridized carbons (Fsp3) is 0.652. The number of nitrogens with one attached hydrogen (secondary N) is 1.